The molecule has 4 nitrogen and oxygen atoms in total. The molecule has 0 aromatic rings. The van der Waals surface area contributed by atoms with Crippen molar-refractivity contribution in [2.75, 3.05) is 33.4 Å². The number of ether oxygens (including phenoxy) is 2. The van der Waals surface area contributed by atoms with Gasteiger partial charge in [-0.2, -0.15) is 0 Å². The molecule has 0 amide bonds. The Hall–Kier alpha value is -0.160. The van der Waals surface area contributed by atoms with Gasteiger partial charge in [-0.15, -0.1) is 0 Å². The smallest absolute Gasteiger partial charge is 0.0897 e. The van der Waals surface area contributed by atoms with Gasteiger partial charge in [0.2, 0.25) is 0 Å². The summed E-state index contributed by atoms with van der Waals surface area (Å²) in [6.07, 6.45) is 4.61. The van der Waals surface area contributed by atoms with Crippen molar-refractivity contribution >= 4 is 0 Å². The predicted octanol–water partition coefficient (Wildman–Crippen LogP) is 2.20. The SMILES string of the molecule is CCCCC(CC)CNCC(O)COC(C)COC. The minimum atomic E-state index is -0.442. The van der Waals surface area contributed by atoms with Crippen LogP contribution in [0.4, 0.5) is 0 Å². The third kappa shape index (κ3) is 11.4. The van der Waals surface area contributed by atoms with Crippen molar-refractivity contribution in [3.8, 4) is 0 Å². The molecular formula is C15H33NO3. The fraction of sp³-hybridized carbons (Fsp3) is 1.00. The van der Waals surface area contributed by atoms with Crippen molar-refractivity contribution in [3.05, 3.63) is 0 Å². The van der Waals surface area contributed by atoms with Crippen LogP contribution in [0.15, 0.2) is 0 Å². The van der Waals surface area contributed by atoms with Crippen LogP contribution in [0.25, 0.3) is 0 Å². The molecule has 0 radical (unpaired) electrons. The number of unbranched alkanes of at least 4 members (excludes halogenated alkanes) is 1. The highest BCUT2D eigenvalue weighted by Crippen LogP contribution is 2.11. The summed E-state index contributed by atoms with van der Waals surface area (Å²) in [5.41, 5.74) is 0. The molecule has 0 bridgehead atoms. The fourth-order valence-electron chi connectivity index (χ4n) is 2.01. The first kappa shape index (κ1) is 18.8. The lowest BCUT2D eigenvalue weighted by molar-refractivity contribution is -0.0312. The topological polar surface area (TPSA) is 50.7 Å². The van der Waals surface area contributed by atoms with Gasteiger partial charge >= 0.3 is 0 Å². The Labute approximate surface area is 118 Å². The molecule has 0 aromatic carbocycles. The van der Waals surface area contributed by atoms with Crippen LogP contribution < -0.4 is 5.32 Å². The van der Waals surface area contributed by atoms with Crippen molar-refractivity contribution < 1.29 is 14.6 Å². The van der Waals surface area contributed by atoms with Crippen LogP contribution in [0.2, 0.25) is 0 Å². The molecule has 0 aliphatic carbocycles. The number of methoxy groups -OCH3 is 1. The van der Waals surface area contributed by atoms with E-state index in [0.717, 1.165) is 12.5 Å². The normalized spacial score (nSPS) is 16.3. The van der Waals surface area contributed by atoms with Crippen LogP contribution in [-0.2, 0) is 9.47 Å². The van der Waals surface area contributed by atoms with E-state index in [1.54, 1.807) is 7.11 Å². The first-order valence-corrected chi connectivity index (χ1v) is 7.63. The fourth-order valence-corrected chi connectivity index (χ4v) is 2.01. The Bertz CT molecular complexity index is 190. The molecule has 19 heavy (non-hydrogen) atoms. The third-order valence-electron chi connectivity index (χ3n) is 3.33. The largest absolute Gasteiger partial charge is 0.389 e. The molecule has 0 aromatic heterocycles. The second-order valence-corrected chi connectivity index (χ2v) is 5.33. The maximum Gasteiger partial charge on any atom is 0.0897 e. The molecule has 116 valence electrons. The summed E-state index contributed by atoms with van der Waals surface area (Å²) in [7, 11) is 1.65. The Kier molecular flexibility index (Phi) is 12.7. The van der Waals surface area contributed by atoms with Gasteiger partial charge in [-0.3, -0.25) is 0 Å². The lowest BCUT2D eigenvalue weighted by Gasteiger charge is -2.19. The molecule has 0 fully saturated rings. The number of rotatable bonds is 13. The Morgan fingerprint density at radius 1 is 1.16 bits per heavy atom. The van der Waals surface area contributed by atoms with Crippen LogP contribution >= 0.6 is 0 Å². The average molecular weight is 275 g/mol. The minimum absolute atomic E-state index is 0.0348. The van der Waals surface area contributed by atoms with Crippen LogP contribution in [0, 0.1) is 5.92 Å². The van der Waals surface area contributed by atoms with E-state index in [1.165, 1.54) is 25.7 Å². The summed E-state index contributed by atoms with van der Waals surface area (Å²) in [5, 5.41) is 13.1. The summed E-state index contributed by atoms with van der Waals surface area (Å²) in [4.78, 5) is 0. The molecule has 0 aliphatic rings. The molecule has 4 heteroatoms. The van der Waals surface area contributed by atoms with Crippen molar-refractivity contribution in [1.29, 1.82) is 0 Å². The van der Waals surface area contributed by atoms with Gasteiger partial charge in [0.15, 0.2) is 0 Å². The summed E-state index contributed by atoms with van der Waals surface area (Å²) in [6, 6.07) is 0. The predicted molar refractivity (Wildman–Crippen MR) is 79.5 cm³/mol. The van der Waals surface area contributed by atoms with Gasteiger partial charge in [-0.1, -0.05) is 33.1 Å². The molecule has 0 spiro atoms. The standard InChI is InChI=1S/C15H33NO3/c1-5-7-8-14(6-2)9-16-10-15(17)12-19-13(3)11-18-4/h13-17H,5-12H2,1-4H3. The van der Waals surface area contributed by atoms with Crippen LogP contribution in [0.5, 0.6) is 0 Å². The maximum atomic E-state index is 9.80. The van der Waals surface area contributed by atoms with Crippen LogP contribution in [0.3, 0.4) is 0 Å². The number of hydrogen-bond donors (Lipinski definition) is 2. The molecule has 2 N–H and O–H groups in total. The number of aliphatic hydroxyl groups is 1. The van der Waals surface area contributed by atoms with Gasteiger partial charge in [0.05, 0.1) is 25.4 Å². The number of hydrogen-bond acceptors (Lipinski definition) is 4. The first-order chi connectivity index (χ1) is 9.13. The highest BCUT2D eigenvalue weighted by Gasteiger charge is 2.10. The quantitative estimate of drug-likeness (QED) is 0.541. The molecule has 3 atom stereocenters. The van der Waals surface area contributed by atoms with E-state index in [4.69, 9.17) is 9.47 Å². The van der Waals surface area contributed by atoms with Gasteiger partial charge in [-0.05, 0) is 25.8 Å². The van der Waals surface area contributed by atoms with Gasteiger partial charge in [-0.25, -0.2) is 0 Å². The van der Waals surface area contributed by atoms with Crippen LogP contribution in [0.1, 0.15) is 46.5 Å². The Morgan fingerprint density at radius 3 is 2.47 bits per heavy atom. The zero-order valence-electron chi connectivity index (χ0n) is 13.2. The molecule has 0 saturated heterocycles. The van der Waals surface area contributed by atoms with Gasteiger partial charge in [0, 0.05) is 13.7 Å². The molecule has 0 aliphatic heterocycles. The molecular weight excluding hydrogens is 242 g/mol. The van der Waals surface area contributed by atoms with E-state index in [9.17, 15) is 5.11 Å². The zero-order chi connectivity index (χ0) is 14.5. The summed E-state index contributed by atoms with van der Waals surface area (Å²) in [6.45, 7) is 8.92. The Balaban J connectivity index is 3.57. The second-order valence-electron chi connectivity index (χ2n) is 5.33. The van der Waals surface area contributed by atoms with Gasteiger partial charge in [0.25, 0.3) is 0 Å². The van der Waals surface area contributed by atoms with Gasteiger partial charge in [0.1, 0.15) is 0 Å². The summed E-state index contributed by atoms with van der Waals surface area (Å²) in [5.74, 6) is 0.723. The van der Waals surface area contributed by atoms with Crippen molar-refractivity contribution in [2.24, 2.45) is 5.92 Å². The highest BCUT2D eigenvalue weighted by atomic mass is 16.5. The second kappa shape index (κ2) is 12.9. The van der Waals surface area contributed by atoms with Gasteiger partial charge < -0.3 is 19.9 Å². The lowest BCUT2D eigenvalue weighted by Crippen LogP contribution is -2.34. The third-order valence-corrected chi connectivity index (χ3v) is 3.33. The number of aliphatic hydroxyl groups excluding tert-OH is 1. The first-order valence-electron chi connectivity index (χ1n) is 7.63. The molecule has 0 heterocycles. The van der Waals surface area contributed by atoms with E-state index in [1.807, 2.05) is 6.92 Å². The van der Waals surface area contributed by atoms with E-state index in [0.29, 0.717) is 19.8 Å². The highest BCUT2D eigenvalue weighted by molar-refractivity contribution is 4.64. The summed E-state index contributed by atoms with van der Waals surface area (Å²) >= 11 is 0. The monoisotopic (exact) mass is 275 g/mol. The van der Waals surface area contributed by atoms with E-state index in [2.05, 4.69) is 19.2 Å². The van der Waals surface area contributed by atoms with Crippen molar-refractivity contribution in [2.45, 2.75) is 58.7 Å². The summed E-state index contributed by atoms with van der Waals surface area (Å²) < 4.78 is 10.5. The van der Waals surface area contributed by atoms with Crippen molar-refractivity contribution in [1.82, 2.24) is 5.32 Å². The van der Waals surface area contributed by atoms with Crippen LogP contribution in [-0.4, -0.2) is 50.7 Å². The number of nitrogens with one attached hydrogen (secondary N) is 1. The molecule has 3 unspecified atom stereocenters. The average Bonchev–Trinajstić information content (AvgIpc) is 2.40. The van der Waals surface area contributed by atoms with Crippen molar-refractivity contribution in [3.63, 3.8) is 0 Å². The van der Waals surface area contributed by atoms with E-state index >= 15 is 0 Å². The molecule has 0 rings (SSSR count). The minimum Gasteiger partial charge on any atom is -0.389 e. The van der Waals surface area contributed by atoms with E-state index in [-0.39, 0.29) is 6.10 Å². The molecule has 0 saturated carbocycles. The lowest BCUT2D eigenvalue weighted by atomic mass is 9.99. The van der Waals surface area contributed by atoms with E-state index < -0.39 is 6.10 Å². The Morgan fingerprint density at radius 2 is 1.89 bits per heavy atom. The zero-order valence-corrected chi connectivity index (χ0v) is 13.2. The maximum absolute atomic E-state index is 9.80.